The Bertz CT molecular complexity index is 1490. The molecule has 0 bridgehead atoms. The van der Waals surface area contributed by atoms with Gasteiger partial charge in [-0.2, -0.15) is 0 Å². The lowest BCUT2D eigenvalue weighted by Gasteiger charge is -2.24. The molecule has 0 spiro atoms. The van der Waals surface area contributed by atoms with Crippen LogP contribution in [0.5, 0.6) is 0 Å². The highest BCUT2D eigenvalue weighted by Gasteiger charge is 2.46. The molecule has 4 aromatic rings. The SMILES string of the molecule is CCc1ccc2nc(N3C(=O)C(O)=C(C(=O)c4cccs4)[C@@H]3c3ccc(C(=O)OC)cc3)sc2c1. The number of carbonyl (C=O) groups excluding carboxylic acids is 3. The Hall–Kier alpha value is -3.82. The lowest BCUT2D eigenvalue weighted by molar-refractivity contribution is -0.117. The van der Waals surface area contributed by atoms with Crippen molar-refractivity contribution in [2.45, 2.75) is 19.4 Å². The molecule has 2 aromatic heterocycles. The summed E-state index contributed by atoms with van der Waals surface area (Å²) in [5, 5.41) is 13.0. The van der Waals surface area contributed by atoms with E-state index in [2.05, 4.69) is 11.9 Å². The maximum Gasteiger partial charge on any atom is 0.337 e. The molecule has 1 atom stereocenters. The third-order valence-corrected chi connectivity index (χ3v) is 7.79. The largest absolute Gasteiger partial charge is 0.503 e. The van der Waals surface area contributed by atoms with E-state index in [0.29, 0.717) is 21.1 Å². The minimum atomic E-state index is -0.907. The normalized spacial score (nSPS) is 15.8. The Morgan fingerprint density at radius 2 is 1.91 bits per heavy atom. The van der Waals surface area contributed by atoms with Crippen molar-refractivity contribution in [3.63, 3.8) is 0 Å². The minimum Gasteiger partial charge on any atom is -0.503 e. The summed E-state index contributed by atoms with van der Waals surface area (Å²) in [7, 11) is 1.29. The van der Waals surface area contributed by atoms with Gasteiger partial charge in [-0.1, -0.05) is 42.5 Å². The van der Waals surface area contributed by atoms with Gasteiger partial charge in [0.05, 0.1) is 39.4 Å². The first-order valence-corrected chi connectivity index (χ1v) is 12.5. The van der Waals surface area contributed by atoms with Crippen LogP contribution >= 0.6 is 22.7 Å². The molecule has 1 amide bonds. The number of thiophene rings is 1. The minimum absolute atomic E-state index is 0.0169. The molecule has 0 aliphatic carbocycles. The summed E-state index contributed by atoms with van der Waals surface area (Å²) in [4.78, 5) is 45.1. The number of rotatable bonds is 6. The van der Waals surface area contributed by atoms with E-state index in [0.717, 1.165) is 22.2 Å². The van der Waals surface area contributed by atoms with Crippen molar-refractivity contribution in [3.05, 3.63) is 92.9 Å². The van der Waals surface area contributed by atoms with E-state index in [4.69, 9.17) is 4.74 Å². The molecule has 0 saturated carbocycles. The molecule has 2 aromatic carbocycles. The van der Waals surface area contributed by atoms with Crippen molar-refractivity contribution in [1.29, 1.82) is 0 Å². The number of carbonyl (C=O) groups is 3. The number of benzene rings is 2. The maximum atomic E-state index is 13.4. The molecule has 3 heterocycles. The number of anilines is 1. The highest BCUT2D eigenvalue weighted by atomic mass is 32.1. The quantitative estimate of drug-likeness (QED) is 0.276. The number of thiazole rings is 1. The average molecular weight is 505 g/mol. The molecule has 176 valence electrons. The van der Waals surface area contributed by atoms with Gasteiger partial charge in [0.1, 0.15) is 0 Å². The zero-order valence-electron chi connectivity index (χ0n) is 18.8. The van der Waals surface area contributed by atoms with Crippen LogP contribution in [-0.4, -0.2) is 34.9 Å². The number of nitrogens with zero attached hydrogens (tertiary/aromatic N) is 2. The van der Waals surface area contributed by atoms with Gasteiger partial charge in [0.15, 0.2) is 10.9 Å². The zero-order chi connectivity index (χ0) is 24.7. The molecule has 1 N–H and O–H groups in total. The Kier molecular flexibility index (Phi) is 5.96. The Morgan fingerprint density at radius 3 is 2.57 bits per heavy atom. The summed E-state index contributed by atoms with van der Waals surface area (Å²) in [5.41, 5.74) is 2.75. The van der Waals surface area contributed by atoms with Crippen molar-refractivity contribution in [2.24, 2.45) is 0 Å². The predicted molar refractivity (Wildman–Crippen MR) is 135 cm³/mol. The predicted octanol–water partition coefficient (Wildman–Crippen LogP) is 5.49. The lowest BCUT2D eigenvalue weighted by Crippen LogP contribution is -2.31. The van der Waals surface area contributed by atoms with Crippen LogP contribution in [0.3, 0.4) is 0 Å². The van der Waals surface area contributed by atoms with Gasteiger partial charge in [-0.15, -0.1) is 11.3 Å². The van der Waals surface area contributed by atoms with Crippen molar-refractivity contribution < 1.29 is 24.2 Å². The van der Waals surface area contributed by atoms with Crippen LogP contribution in [0.1, 0.15) is 44.1 Å². The maximum absolute atomic E-state index is 13.4. The van der Waals surface area contributed by atoms with Gasteiger partial charge in [-0.3, -0.25) is 14.5 Å². The highest BCUT2D eigenvalue weighted by Crippen LogP contribution is 2.44. The number of amides is 1. The van der Waals surface area contributed by atoms with Gasteiger partial charge >= 0.3 is 5.97 Å². The summed E-state index contributed by atoms with van der Waals surface area (Å²) in [5.74, 6) is -2.22. The molecule has 0 fully saturated rings. The van der Waals surface area contributed by atoms with Crippen LogP contribution in [0.4, 0.5) is 5.13 Å². The van der Waals surface area contributed by atoms with E-state index in [1.54, 1.807) is 41.8 Å². The summed E-state index contributed by atoms with van der Waals surface area (Å²) < 4.78 is 5.68. The second-order valence-corrected chi connectivity index (χ2v) is 9.87. The molecule has 5 rings (SSSR count). The van der Waals surface area contributed by atoms with Gasteiger partial charge in [-0.25, -0.2) is 9.78 Å². The number of aryl methyl sites for hydroxylation is 1. The second-order valence-electron chi connectivity index (χ2n) is 7.91. The number of hydrogen-bond donors (Lipinski definition) is 1. The van der Waals surface area contributed by atoms with Gasteiger partial charge in [0.25, 0.3) is 5.91 Å². The Balaban J connectivity index is 1.65. The first-order valence-electron chi connectivity index (χ1n) is 10.9. The first-order chi connectivity index (χ1) is 16.9. The van der Waals surface area contributed by atoms with Crippen molar-refractivity contribution >= 4 is 55.7 Å². The number of esters is 1. The summed E-state index contributed by atoms with van der Waals surface area (Å²) in [6.45, 7) is 2.06. The van der Waals surface area contributed by atoms with Gasteiger partial charge in [-0.05, 0) is 53.3 Å². The summed E-state index contributed by atoms with van der Waals surface area (Å²) >= 11 is 2.56. The molecule has 1 aliphatic rings. The number of ether oxygens (including phenoxy) is 1. The average Bonchev–Trinajstić information content (AvgIpc) is 3.61. The number of aromatic nitrogens is 1. The molecule has 0 unspecified atom stereocenters. The molecule has 1 aliphatic heterocycles. The topological polar surface area (TPSA) is 96.8 Å². The van der Waals surface area contributed by atoms with E-state index in [1.807, 2.05) is 18.2 Å². The van der Waals surface area contributed by atoms with Crippen molar-refractivity contribution in [3.8, 4) is 0 Å². The summed E-state index contributed by atoms with van der Waals surface area (Å²) in [6, 6.07) is 14.8. The van der Waals surface area contributed by atoms with E-state index in [-0.39, 0.29) is 5.57 Å². The number of methoxy groups -OCH3 is 1. The summed E-state index contributed by atoms with van der Waals surface area (Å²) in [6.07, 6.45) is 0.864. The third-order valence-electron chi connectivity index (χ3n) is 5.90. The number of aliphatic hydroxyl groups excluding tert-OH is 1. The van der Waals surface area contributed by atoms with Crippen LogP contribution in [0.15, 0.2) is 71.3 Å². The van der Waals surface area contributed by atoms with Crippen molar-refractivity contribution in [1.82, 2.24) is 4.98 Å². The fraction of sp³-hybridized carbons (Fsp3) is 0.154. The molecule has 35 heavy (non-hydrogen) atoms. The molecule has 0 saturated heterocycles. The molecule has 9 heteroatoms. The first kappa shape index (κ1) is 22.9. The van der Waals surface area contributed by atoms with Crippen LogP contribution in [-0.2, 0) is 16.0 Å². The number of aliphatic hydroxyl groups is 1. The van der Waals surface area contributed by atoms with Crippen LogP contribution in [0, 0.1) is 0 Å². The van der Waals surface area contributed by atoms with Gasteiger partial charge in [0, 0.05) is 0 Å². The molecular weight excluding hydrogens is 484 g/mol. The highest BCUT2D eigenvalue weighted by molar-refractivity contribution is 7.22. The lowest BCUT2D eigenvalue weighted by atomic mass is 9.95. The standard InChI is InChI=1S/C26H20N2O5S2/c1-3-14-6-11-17-19(13-14)35-26(27-17)28-21(15-7-9-16(10-8-15)25(32)33-2)20(23(30)24(28)31)22(29)18-5-4-12-34-18/h4-13,21,30H,3H2,1-2H3/t21-/m0/s1. The number of Topliss-reactive ketones (excluding diaryl/α,β-unsaturated/α-hetero) is 1. The number of ketones is 1. The Morgan fingerprint density at radius 1 is 1.14 bits per heavy atom. The van der Waals surface area contributed by atoms with Crippen LogP contribution in [0.2, 0.25) is 0 Å². The molecular formula is C26H20N2O5S2. The van der Waals surface area contributed by atoms with E-state index < -0.39 is 29.5 Å². The fourth-order valence-electron chi connectivity index (χ4n) is 4.09. The third kappa shape index (κ3) is 3.92. The zero-order valence-corrected chi connectivity index (χ0v) is 20.5. The fourth-order valence-corrected chi connectivity index (χ4v) is 5.82. The van der Waals surface area contributed by atoms with Crippen LogP contribution in [0.25, 0.3) is 10.2 Å². The monoisotopic (exact) mass is 504 g/mol. The Labute approximate surface area is 208 Å². The number of fused-ring (bicyclic) bond motifs is 1. The van der Waals surface area contributed by atoms with Crippen molar-refractivity contribution in [2.75, 3.05) is 12.0 Å². The molecule has 0 radical (unpaired) electrons. The van der Waals surface area contributed by atoms with Crippen LogP contribution < -0.4 is 4.90 Å². The smallest absolute Gasteiger partial charge is 0.337 e. The van der Waals surface area contributed by atoms with E-state index in [9.17, 15) is 19.5 Å². The molecule has 7 nitrogen and oxygen atoms in total. The number of hydrogen-bond acceptors (Lipinski definition) is 8. The van der Waals surface area contributed by atoms with Gasteiger partial charge < -0.3 is 9.84 Å². The van der Waals surface area contributed by atoms with E-state index in [1.165, 1.54) is 34.7 Å². The van der Waals surface area contributed by atoms with E-state index >= 15 is 0 Å². The second kappa shape index (κ2) is 9.09. The van der Waals surface area contributed by atoms with Gasteiger partial charge in [0.2, 0.25) is 5.78 Å².